The van der Waals surface area contributed by atoms with Gasteiger partial charge in [0.05, 0.1) is 25.8 Å². The summed E-state index contributed by atoms with van der Waals surface area (Å²) in [4.78, 5) is 18.6. The summed E-state index contributed by atoms with van der Waals surface area (Å²) >= 11 is 0. The summed E-state index contributed by atoms with van der Waals surface area (Å²) in [5.74, 6) is 1.59. The number of piperidine rings is 1. The van der Waals surface area contributed by atoms with Crippen LogP contribution in [0.2, 0.25) is 0 Å². The van der Waals surface area contributed by atoms with Gasteiger partial charge in [-0.15, -0.1) is 0 Å². The van der Waals surface area contributed by atoms with Crippen LogP contribution in [0.4, 0.5) is 0 Å². The summed E-state index contributed by atoms with van der Waals surface area (Å²) in [6.07, 6.45) is 7.53. The number of hydrogen-bond donors (Lipinski definition) is 0. The maximum Gasteiger partial charge on any atom is 0.137 e. The second kappa shape index (κ2) is 9.75. The van der Waals surface area contributed by atoms with Gasteiger partial charge in [0.15, 0.2) is 0 Å². The molecule has 2 aromatic carbocycles. The molecule has 1 aliphatic heterocycles. The molecule has 0 aliphatic carbocycles. The van der Waals surface area contributed by atoms with Crippen LogP contribution in [-0.2, 0) is 11.3 Å². The molecule has 1 aliphatic rings. The Hall–Kier alpha value is -3.18. The summed E-state index contributed by atoms with van der Waals surface area (Å²) in [7, 11) is 3.36. The first-order valence-electron chi connectivity index (χ1n) is 10.7. The molecule has 0 bridgehead atoms. The Bertz CT molecular complexity index is 1000. The third-order valence-electron chi connectivity index (χ3n) is 6.05. The van der Waals surface area contributed by atoms with Crippen molar-refractivity contribution in [3.8, 4) is 22.6 Å². The minimum atomic E-state index is -0.143. The fraction of sp³-hybridized carbons (Fsp3) is 0.308. The fourth-order valence-electron chi connectivity index (χ4n) is 4.57. The van der Waals surface area contributed by atoms with E-state index in [-0.39, 0.29) is 12.1 Å². The molecule has 2 unspecified atom stereocenters. The van der Waals surface area contributed by atoms with Gasteiger partial charge in [-0.05, 0) is 60.2 Å². The van der Waals surface area contributed by atoms with Gasteiger partial charge < -0.3 is 14.3 Å². The zero-order chi connectivity index (χ0) is 21.6. The van der Waals surface area contributed by atoms with Crippen LogP contribution in [0.3, 0.4) is 0 Å². The van der Waals surface area contributed by atoms with Crippen molar-refractivity contribution in [1.29, 1.82) is 0 Å². The van der Waals surface area contributed by atoms with Crippen LogP contribution in [0.5, 0.6) is 11.5 Å². The van der Waals surface area contributed by atoms with E-state index in [1.807, 2.05) is 30.5 Å². The van der Waals surface area contributed by atoms with Crippen LogP contribution in [0, 0.1) is 0 Å². The SMILES string of the molecule is COc1cccc(OC)c1C1CCCC(C=O)N1Cc1cccc(-c2cccnc2)c1. The third kappa shape index (κ3) is 4.47. The van der Waals surface area contributed by atoms with Crippen molar-refractivity contribution in [3.63, 3.8) is 0 Å². The molecule has 0 saturated carbocycles. The van der Waals surface area contributed by atoms with Gasteiger partial charge in [-0.25, -0.2) is 0 Å². The summed E-state index contributed by atoms with van der Waals surface area (Å²) in [5, 5.41) is 0. The molecule has 0 spiro atoms. The standard InChI is InChI=1S/C26H28N2O3/c1-30-24-12-5-13-25(31-2)26(24)23-11-4-10-22(18-29)28(23)17-19-7-3-8-20(15-19)21-9-6-14-27-16-21/h3,5-9,12-16,18,22-23H,4,10-11,17H2,1-2H3. The first-order chi connectivity index (χ1) is 15.2. The van der Waals surface area contributed by atoms with Crippen LogP contribution in [-0.4, -0.2) is 36.4 Å². The van der Waals surface area contributed by atoms with Crippen molar-refractivity contribution in [2.45, 2.75) is 37.9 Å². The van der Waals surface area contributed by atoms with E-state index in [2.05, 4.69) is 40.2 Å². The second-order valence-corrected chi connectivity index (χ2v) is 7.84. The number of aldehydes is 1. The molecule has 5 heteroatoms. The highest BCUT2D eigenvalue weighted by Crippen LogP contribution is 2.43. The van der Waals surface area contributed by atoms with Gasteiger partial charge in [0, 0.05) is 25.0 Å². The van der Waals surface area contributed by atoms with E-state index < -0.39 is 0 Å². The molecule has 160 valence electrons. The lowest BCUT2D eigenvalue weighted by Gasteiger charge is -2.41. The second-order valence-electron chi connectivity index (χ2n) is 7.84. The lowest BCUT2D eigenvalue weighted by Crippen LogP contribution is -2.42. The zero-order valence-electron chi connectivity index (χ0n) is 18.0. The van der Waals surface area contributed by atoms with Crippen LogP contribution < -0.4 is 9.47 Å². The van der Waals surface area contributed by atoms with Crippen molar-refractivity contribution < 1.29 is 14.3 Å². The average molecular weight is 417 g/mol. The number of benzene rings is 2. The van der Waals surface area contributed by atoms with Crippen LogP contribution in [0.15, 0.2) is 67.0 Å². The summed E-state index contributed by atoms with van der Waals surface area (Å²) in [6, 6.07) is 18.2. The van der Waals surface area contributed by atoms with Gasteiger partial charge >= 0.3 is 0 Å². The highest BCUT2D eigenvalue weighted by atomic mass is 16.5. The van der Waals surface area contributed by atoms with E-state index >= 15 is 0 Å². The molecular weight excluding hydrogens is 388 g/mol. The van der Waals surface area contributed by atoms with Crippen molar-refractivity contribution in [2.24, 2.45) is 0 Å². The Labute approximate surface area is 183 Å². The van der Waals surface area contributed by atoms with Crippen LogP contribution in [0.25, 0.3) is 11.1 Å². The number of likely N-dealkylation sites (tertiary alicyclic amines) is 1. The van der Waals surface area contributed by atoms with E-state index in [0.717, 1.165) is 59.3 Å². The summed E-state index contributed by atoms with van der Waals surface area (Å²) in [5.41, 5.74) is 4.38. The molecule has 3 aromatic rings. The lowest BCUT2D eigenvalue weighted by atomic mass is 9.89. The largest absolute Gasteiger partial charge is 0.496 e. The number of aromatic nitrogens is 1. The van der Waals surface area contributed by atoms with Crippen molar-refractivity contribution in [3.05, 3.63) is 78.1 Å². The van der Waals surface area contributed by atoms with E-state index in [4.69, 9.17) is 9.47 Å². The number of hydrogen-bond acceptors (Lipinski definition) is 5. The minimum absolute atomic E-state index is 0.0390. The van der Waals surface area contributed by atoms with Gasteiger partial charge in [0.1, 0.15) is 17.8 Å². The number of pyridine rings is 1. The molecule has 1 saturated heterocycles. The lowest BCUT2D eigenvalue weighted by molar-refractivity contribution is -0.115. The predicted octanol–water partition coefficient (Wildman–Crippen LogP) is 5.06. The predicted molar refractivity (Wildman–Crippen MR) is 121 cm³/mol. The molecular formula is C26H28N2O3. The van der Waals surface area contributed by atoms with E-state index in [1.165, 1.54) is 0 Å². The molecule has 0 N–H and O–H groups in total. The molecule has 1 fully saturated rings. The number of methoxy groups -OCH3 is 2. The Morgan fingerprint density at radius 1 is 1.00 bits per heavy atom. The summed E-state index contributed by atoms with van der Waals surface area (Å²) < 4.78 is 11.4. The molecule has 2 atom stereocenters. The number of nitrogens with zero attached hydrogens (tertiary/aromatic N) is 2. The fourth-order valence-corrected chi connectivity index (χ4v) is 4.57. The number of carbonyl (C=O) groups is 1. The maximum absolute atomic E-state index is 12.0. The topological polar surface area (TPSA) is 51.7 Å². The average Bonchev–Trinajstić information content (AvgIpc) is 2.84. The molecule has 5 nitrogen and oxygen atoms in total. The Morgan fingerprint density at radius 3 is 2.42 bits per heavy atom. The van der Waals surface area contributed by atoms with Crippen LogP contribution >= 0.6 is 0 Å². The molecule has 0 radical (unpaired) electrons. The normalized spacial score (nSPS) is 19.0. The van der Waals surface area contributed by atoms with Gasteiger partial charge in [-0.3, -0.25) is 9.88 Å². The van der Waals surface area contributed by atoms with Crippen LogP contribution in [0.1, 0.15) is 36.4 Å². The summed E-state index contributed by atoms with van der Waals surface area (Å²) in [6.45, 7) is 0.670. The van der Waals surface area contributed by atoms with E-state index in [9.17, 15) is 4.79 Å². The first kappa shape index (κ1) is 21.1. The first-order valence-corrected chi connectivity index (χ1v) is 10.7. The van der Waals surface area contributed by atoms with Gasteiger partial charge in [-0.1, -0.05) is 30.3 Å². The molecule has 0 amide bonds. The van der Waals surface area contributed by atoms with Gasteiger partial charge in [0.2, 0.25) is 0 Å². The third-order valence-corrected chi connectivity index (χ3v) is 6.05. The molecule has 2 heterocycles. The van der Waals surface area contributed by atoms with Gasteiger partial charge in [0.25, 0.3) is 0 Å². The van der Waals surface area contributed by atoms with Crippen molar-refractivity contribution in [1.82, 2.24) is 9.88 Å². The Kier molecular flexibility index (Phi) is 6.63. The highest BCUT2D eigenvalue weighted by molar-refractivity contribution is 5.63. The quantitative estimate of drug-likeness (QED) is 0.504. The Morgan fingerprint density at radius 2 is 1.74 bits per heavy atom. The van der Waals surface area contributed by atoms with E-state index in [0.29, 0.717) is 6.54 Å². The maximum atomic E-state index is 12.0. The smallest absolute Gasteiger partial charge is 0.137 e. The molecule has 4 rings (SSSR count). The van der Waals surface area contributed by atoms with Crippen molar-refractivity contribution >= 4 is 6.29 Å². The number of ether oxygens (including phenoxy) is 2. The minimum Gasteiger partial charge on any atom is -0.496 e. The highest BCUT2D eigenvalue weighted by Gasteiger charge is 2.34. The number of rotatable bonds is 7. The molecule has 1 aromatic heterocycles. The van der Waals surface area contributed by atoms with Crippen molar-refractivity contribution in [2.75, 3.05) is 14.2 Å². The molecule has 31 heavy (non-hydrogen) atoms. The monoisotopic (exact) mass is 416 g/mol. The zero-order valence-corrected chi connectivity index (χ0v) is 18.0. The van der Waals surface area contributed by atoms with E-state index in [1.54, 1.807) is 20.4 Å². The van der Waals surface area contributed by atoms with Gasteiger partial charge in [-0.2, -0.15) is 0 Å². The number of carbonyl (C=O) groups excluding carboxylic acids is 1. The Balaban J connectivity index is 1.71.